The first-order valence-corrected chi connectivity index (χ1v) is 10.7. The zero-order valence-electron chi connectivity index (χ0n) is 17.9. The molecule has 1 aliphatic carbocycles. The summed E-state index contributed by atoms with van der Waals surface area (Å²) in [6.07, 6.45) is 5.80. The summed E-state index contributed by atoms with van der Waals surface area (Å²) < 4.78 is 0.962. The highest BCUT2D eigenvalue weighted by Crippen LogP contribution is 2.37. The average molecular weight is 494 g/mol. The molecule has 1 aliphatic rings. The van der Waals surface area contributed by atoms with E-state index in [2.05, 4.69) is 56.3 Å². The lowest BCUT2D eigenvalue weighted by atomic mass is 9.85. The molecule has 0 atom stereocenters. The van der Waals surface area contributed by atoms with Crippen molar-refractivity contribution >= 4 is 51.6 Å². The molecule has 0 spiro atoms. The van der Waals surface area contributed by atoms with Gasteiger partial charge in [-0.05, 0) is 50.7 Å². The van der Waals surface area contributed by atoms with Gasteiger partial charge in [0.15, 0.2) is 10.8 Å². The standard InChI is InChI=1S/C21H23N7OS.2ClH/c1-27(2)14-7-15(8-14)28(3)21-24-20-19(30-21)9-17(25-26-20)16-5-4-12(6-18(16)29)13-10-22-23-11-13;;/h4-6,9-11,14-15,29H,7-8H2,1-3H3,(H,22,23);2*1H/t14-,15+;;. The number of phenolic OH excluding ortho intramolecular Hbond substituents is 1. The monoisotopic (exact) mass is 493 g/mol. The van der Waals surface area contributed by atoms with Gasteiger partial charge in [-0.2, -0.15) is 10.1 Å². The highest BCUT2D eigenvalue weighted by Gasteiger charge is 2.34. The number of aromatic nitrogens is 5. The minimum Gasteiger partial charge on any atom is -0.507 e. The molecule has 3 heterocycles. The van der Waals surface area contributed by atoms with Crippen molar-refractivity contribution in [2.75, 3.05) is 26.0 Å². The third-order valence-electron chi connectivity index (χ3n) is 5.92. The molecule has 0 amide bonds. The van der Waals surface area contributed by atoms with Crippen molar-refractivity contribution in [3.8, 4) is 28.1 Å². The van der Waals surface area contributed by atoms with Gasteiger partial charge in [0, 0.05) is 36.5 Å². The van der Waals surface area contributed by atoms with E-state index < -0.39 is 0 Å². The summed E-state index contributed by atoms with van der Waals surface area (Å²) in [4.78, 5) is 9.21. The quantitative estimate of drug-likeness (QED) is 0.429. The number of nitrogens with one attached hydrogen (secondary N) is 1. The molecule has 1 fully saturated rings. The Morgan fingerprint density at radius 2 is 1.81 bits per heavy atom. The van der Waals surface area contributed by atoms with Gasteiger partial charge in [-0.3, -0.25) is 5.10 Å². The number of benzene rings is 1. The molecule has 0 radical (unpaired) electrons. The molecule has 1 saturated carbocycles. The molecule has 4 aromatic rings. The number of fused-ring (bicyclic) bond motifs is 1. The zero-order chi connectivity index (χ0) is 20.8. The van der Waals surface area contributed by atoms with E-state index in [1.54, 1.807) is 29.8 Å². The minimum absolute atomic E-state index is 0. The Morgan fingerprint density at radius 3 is 2.47 bits per heavy atom. The number of phenols is 1. The maximum atomic E-state index is 10.6. The molecular weight excluding hydrogens is 469 g/mol. The van der Waals surface area contributed by atoms with Gasteiger partial charge in [0.25, 0.3) is 0 Å². The first-order chi connectivity index (χ1) is 14.5. The molecule has 0 bridgehead atoms. The third-order valence-corrected chi connectivity index (χ3v) is 7.00. The Morgan fingerprint density at radius 1 is 1.03 bits per heavy atom. The summed E-state index contributed by atoms with van der Waals surface area (Å²) in [6, 6.07) is 8.62. The van der Waals surface area contributed by atoms with Crippen molar-refractivity contribution in [3.63, 3.8) is 0 Å². The fourth-order valence-corrected chi connectivity index (χ4v) is 4.77. The lowest BCUT2D eigenvalue weighted by molar-refractivity contribution is 0.165. The Bertz CT molecular complexity index is 1190. The molecule has 5 rings (SSSR count). The Kier molecular flexibility index (Phi) is 7.24. The number of hydrogen-bond acceptors (Lipinski definition) is 8. The molecule has 2 N–H and O–H groups in total. The number of halogens is 2. The maximum Gasteiger partial charge on any atom is 0.194 e. The smallest absolute Gasteiger partial charge is 0.194 e. The number of thiazole rings is 1. The second kappa shape index (κ2) is 9.58. The SMILES string of the molecule is CN(C)[C@H]1C[C@@H](N(C)c2nc3nnc(-c4ccc(-c5cn[nH]c5)cc4O)cc3s2)C1.Cl.Cl. The summed E-state index contributed by atoms with van der Waals surface area (Å²) in [5.41, 5.74) is 3.72. The van der Waals surface area contributed by atoms with E-state index in [0.717, 1.165) is 33.8 Å². The van der Waals surface area contributed by atoms with Gasteiger partial charge in [-0.15, -0.1) is 35.0 Å². The van der Waals surface area contributed by atoms with Crippen LogP contribution in [0.1, 0.15) is 12.8 Å². The highest BCUT2D eigenvalue weighted by molar-refractivity contribution is 7.22. The van der Waals surface area contributed by atoms with Crippen LogP contribution in [-0.4, -0.2) is 68.6 Å². The summed E-state index contributed by atoms with van der Waals surface area (Å²) in [5, 5.41) is 26.9. The van der Waals surface area contributed by atoms with Gasteiger partial charge in [0.2, 0.25) is 0 Å². The number of nitrogens with zero attached hydrogens (tertiary/aromatic N) is 6. The van der Waals surface area contributed by atoms with Crippen LogP contribution in [-0.2, 0) is 0 Å². The summed E-state index contributed by atoms with van der Waals surface area (Å²) >= 11 is 1.61. The molecule has 11 heteroatoms. The van der Waals surface area contributed by atoms with Crippen LogP contribution < -0.4 is 4.90 Å². The average Bonchev–Trinajstić information content (AvgIpc) is 3.35. The van der Waals surface area contributed by atoms with Crippen LogP contribution in [0.2, 0.25) is 0 Å². The number of aromatic hydroxyl groups is 1. The minimum atomic E-state index is 0. The number of aromatic amines is 1. The number of hydrogen-bond donors (Lipinski definition) is 2. The summed E-state index contributed by atoms with van der Waals surface area (Å²) in [7, 11) is 6.36. The van der Waals surface area contributed by atoms with Crippen LogP contribution in [0.3, 0.4) is 0 Å². The number of H-pyrrole nitrogens is 1. The van der Waals surface area contributed by atoms with Crippen molar-refractivity contribution in [2.45, 2.75) is 24.9 Å². The van der Waals surface area contributed by atoms with Gasteiger partial charge in [-0.1, -0.05) is 17.4 Å². The first kappa shape index (κ1) is 24.2. The molecule has 32 heavy (non-hydrogen) atoms. The van der Waals surface area contributed by atoms with Gasteiger partial charge in [0.1, 0.15) is 5.75 Å². The Balaban J connectivity index is 0.00000144. The topological polar surface area (TPSA) is 94.1 Å². The molecule has 1 aromatic carbocycles. The molecule has 0 saturated heterocycles. The van der Waals surface area contributed by atoms with E-state index >= 15 is 0 Å². The predicted octanol–water partition coefficient (Wildman–Crippen LogP) is 4.22. The van der Waals surface area contributed by atoms with E-state index in [1.807, 2.05) is 18.2 Å². The number of anilines is 1. The fourth-order valence-electron chi connectivity index (χ4n) is 3.80. The number of rotatable bonds is 5. The van der Waals surface area contributed by atoms with E-state index in [0.29, 0.717) is 29.0 Å². The van der Waals surface area contributed by atoms with Crippen LogP contribution in [0, 0.1) is 0 Å². The Hall–Kier alpha value is -2.46. The van der Waals surface area contributed by atoms with Crippen LogP contribution in [0.4, 0.5) is 5.13 Å². The summed E-state index contributed by atoms with van der Waals surface area (Å²) in [6.45, 7) is 0. The molecule has 8 nitrogen and oxygen atoms in total. The van der Waals surface area contributed by atoms with Crippen LogP contribution in [0.25, 0.3) is 32.7 Å². The van der Waals surface area contributed by atoms with Gasteiger partial charge in [-0.25, -0.2) is 0 Å². The van der Waals surface area contributed by atoms with Crippen LogP contribution >= 0.6 is 36.2 Å². The van der Waals surface area contributed by atoms with Gasteiger partial charge in [0.05, 0.1) is 16.6 Å². The zero-order valence-corrected chi connectivity index (χ0v) is 20.3. The molecule has 170 valence electrons. The second-order valence-corrected chi connectivity index (χ2v) is 9.00. The van der Waals surface area contributed by atoms with Gasteiger partial charge >= 0.3 is 0 Å². The van der Waals surface area contributed by atoms with Crippen LogP contribution in [0.15, 0.2) is 36.7 Å². The van der Waals surface area contributed by atoms with E-state index in [4.69, 9.17) is 0 Å². The highest BCUT2D eigenvalue weighted by atomic mass is 35.5. The predicted molar refractivity (Wildman–Crippen MR) is 133 cm³/mol. The van der Waals surface area contributed by atoms with Gasteiger partial charge < -0.3 is 14.9 Å². The van der Waals surface area contributed by atoms with E-state index in [9.17, 15) is 5.11 Å². The van der Waals surface area contributed by atoms with E-state index in [1.165, 1.54) is 0 Å². The maximum absolute atomic E-state index is 10.6. The molecule has 0 aliphatic heterocycles. The van der Waals surface area contributed by atoms with Crippen molar-refractivity contribution in [3.05, 3.63) is 36.7 Å². The lowest BCUT2D eigenvalue weighted by Gasteiger charge is -2.44. The Labute approximate surface area is 202 Å². The second-order valence-electron chi connectivity index (χ2n) is 7.99. The molecular formula is C21H25Cl2N7OS. The van der Waals surface area contributed by atoms with Crippen molar-refractivity contribution in [1.82, 2.24) is 30.3 Å². The van der Waals surface area contributed by atoms with Crippen molar-refractivity contribution in [1.29, 1.82) is 0 Å². The third kappa shape index (κ3) is 4.38. The lowest BCUT2D eigenvalue weighted by Crippen LogP contribution is -2.51. The molecule has 0 unspecified atom stereocenters. The molecule has 3 aromatic heterocycles. The normalized spacial score (nSPS) is 17.5. The van der Waals surface area contributed by atoms with Crippen molar-refractivity contribution in [2.24, 2.45) is 0 Å². The summed E-state index contributed by atoms with van der Waals surface area (Å²) in [5.74, 6) is 0.161. The largest absolute Gasteiger partial charge is 0.507 e. The first-order valence-electron chi connectivity index (χ1n) is 9.85. The van der Waals surface area contributed by atoms with Crippen molar-refractivity contribution < 1.29 is 5.11 Å². The van der Waals surface area contributed by atoms with Crippen LogP contribution in [0.5, 0.6) is 5.75 Å². The van der Waals surface area contributed by atoms with E-state index in [-0.39, 0.29) is 30.6 Å². The fraction of sp³-hybridized carbons (Fsp3) is 0.333.